The predicted octanol–water partition coefficient (Wildman–Crippen LogP) is 5.76. The van der Waals surface area contributed by atoms with Crippen LogP contribution in [0.25, 0.3) is 0 Å². The highest BCUT2D eigenvalue weighted by molar-refractivity contribution is 6.85. The standard InChI is InChI=1S/C3H3ClF4.C3H4F4.Cl2/c1-2(4,5)3(6,7)8;1-2(4)3(5,6)7;1-2/h1H3;2H,1H3;. The molecule has 0 aliphatic heterocycles. The van der Waals surface area contributed by atoms with E-state index in [0.717, 1.165) is 0 Å². The molecular weight excluding hydrogens is 330 g/mol. The van der Waals surface area contributed by atoms with Gasteiger partial charge in [-0.15, -0.1) is 0 Å². The fraction of sp³-hybridized carbons (Fsp3) is 1.00. The van der Waals surface area contributed by atoms with Crippen LogP contribution in [0.5, 0.6) is 0 Å². The molecule has 0 aromatic rings. The number of hydrogen-bond acceptors (Lipinski definition) is 0. The van der Waals surface area contributed by atoms with Crippen LogP contribution in [0.4, 0.5) is 35.1 Å². The van der Waals surface area contributed by atoms with E-state index in [0.29, 0.717) is 6.92 Å². The second-order valence-corrected chi connectivity index (χ2v) is 3.25. The van der Waals surface area contributed by atoms with Crippen molar-refractivity contribution in [3.05, 3.63) is 0 Å². The molecule has 0 spiro atoms. The average Bonchev–Trinajstić information content (AvgIpc) is 2.03. The van der Waals surface area contributed by atoms with Crippen LogP contribution < -0.4 is 0 Å². The van der Waals surface area contributed by atoms with E-state index in [9.17, 15) is 35.1 Å². The zero-order valence-electron chi connectivity index (χ0n) is 8.23. The summed E-state index contributed by atoms with van der Waals surface area (Å²) in [6.07, 6.45) is -12.3. The molecule has 0 aromatic carbocycles. The highest BCUT2D eigenvalue weighted by Crippen LogP contribution is 2.36. The van der Waals surface area contributed by atoms with Crippen molar-refractivity contribution in [1.29, 1.82) is 0 Å². The summed E-state index contributed by atoms with van der Waals surface area (Å²) >= 11 is 4.22. The molecule has 2 unspecified atom stereocenters. The summed E-state index contributed by atoms with van der Waals surface area (Å²) in [7, 11) is 8.22. The lowest BCUT2D eigenvalue weighted by Gasteiger charge is -2.14. The fourth-order valence-corrected chi connectivity index (χ4v) is 0. The molecule has 0 radical (unpaired) electrons. The Kier molecular flexibility index (Phi) is 11.1. The lowest BCUT2D eigenvalue weighted by atomic mass is 10.4. The lowest BCUT2D eigenvalue weighted by molar-refractivity contribution is -0.192. The van der Waals surface area contributed by atoms with Crippen molar-refractivity contribution in [2.24, 2.45) is 0 Å². The molecule has 0 heterocycles. The number of hydrogen-bond donors (Lipinski definition) is 0. The second-order valence-electron chi connectivity index (χ2n) is 2.54. The van der Waals surface area contributed by atoms with Crippen molar-refractivity contribution in [2.45, 2.75) is 37.5 Å². The molecule has 11 heteroatoms. The monoisotopic (exact) mass is 336 g/mol. The van der Waals surface area contributed by atoms with Crippen LogP contribution in [0.3, 0.4) is 0 Å². The SMILES string of the molecule is CC(F)(Cl)C(F)(F)F.CC(F)C(F)(F)F.ClCl. The van der Waals surface area contributed by atoms with E-state index < -0.39 is 23.7 Å². The summed E-state index contributed by atoms with van der Waals surface area (Å²) in [5.41, 5.74) is 0. The van der Waals surface area contributed by atoms with E-state index in [4.69, 9.17) is 0 Å². The molecule has 17 heavy (non-hydrogen) atoms. The quantitative estimate of drug-likeness (QED) is 0.389. The zero-order valence-corrected chi connectivity index (χ0v) is 10.5. The Balaban J connectivity index is -0.000000202. The van der Waals surface area contributed by atoms with E-state index in [1.165, 1.54) is 0 Å². The van der Waals surface area contributed by atoms with Crippen molar-refractivity contribution in [2.75, 3.05) is 0 Å². The van der Waals surface area contributed by atoms with E-state index in [2.05, 4.69) is 33.3 Å². The highest BCUT2D eigenvalue weighted by atomic mass is 36.5. The van der Waals surface area contributed by atoms with Crippen LogP contribution in [-0.2, 0) is 0 Å². The Morgan fingerprint density at radius 1 is 0.882 bits per heavy atom. The normalized spacial score (nSPS) is 16.8. The molecule has 0 amide bonds. The molecule has 0 bridgehead atoms. The number of alkyl halides is 9. The van der Waals surface area contributed by atoms with Gasteiger partial charge in [0.1, 0.15) is 0 Å². The molecule has 0 aliphatic carbocycles. The summed E-state index contributed by atoms with van der Waals surface area (Å²) in [6.45, 7) is 0.703. The Morgan fingerprint density at radius 3 is 1.00 bits per heavy atom. The van der Waals surface area contributed by atoms with Crippen molar-refractivity contribution in [3.8, 4) is 0 Å². The van der Waals surface area contributed by atoms with E-state index in [1.54, 1.807) is 0 Å². The second kappa shape index (κ2) is 8.42. The van der Waals surface area contributed by atoms with Gasteiger partial charge in [-0.2, -0.15) is 26.3 Å². The third-order valence-corrected chi connectivity index (χ3v) is 1.16. The van der Waals surface area contributed by atoms with Crippen LogP contribution in [0.1, 0.15) is 13.8 Å². The van der Waals surface area contributed by atoms with E-state index in [1.807, 2.05) is 0 Å². The van der Waals surface area contributed by atoms with Gasteiger partial charge in [-0.05, 0) is 13.8 Å². The van der Waals surface area contributed by atoms with Gasteiger partial charge in [-0.25, -0.2) is 8.78 Å². The molecule has 108 valence electrons. The van der Waals surface area contributed by atoms with Gasteiger partial charge in [0.05, 0.1) is 0 Å². The van der Waals surface area contributed by atoms with Gasteiger partial charge in [0.2, 0.25) is 0 Å². The van der Waals surface area contributed by atoms with Crippen LogP contribution in [0.2, 0.25) is 0 Å². The summed E-state index contributed by atoms with van der Waals surface area (Å²) in [5.74, 6) is 0. The molecule has 2 atom stereocenters. The van der Waals surface area contributed by atoms with Crippen LogP contribution in [0.15, 0.2) is 0 Å². The first-order valence-corrected chi connectivity index (χ1v) is 5.01. The molecule has 0 saturated carbocycles. The summed E-state index contributed by atoms with van der Waals surface area (Å²) in [5, 5.41) is -3.59. The number of halogens is 11. The van der Waals surface area contributed by atoms with Crippen molar-refractivity contribution in [1.82, 2.24) is 0 Å². The maximum absolute atomic E-state index is 11.5. The summed E-state index contributed by atoms with van der Waals surface area (Å²) < 4.78 is 88.2. The molecule has 0 saturated heterocycles. The van der Waals surface area contributed by atoms with Gasteiger partial charge in [0, 0.05) is 21.7 Å². The smallest absolute Gasteiger partial charge is 0.238 e. The minimum Gasteiger partial charge on any atom is -0.238 e. The van der Waals surface area contributed by atoms with Gasteiger partial charge in [0.25, 0.3) is 5.13 Å². The van der Waals surface area contributed by atoms with Gasteiger partial charge >= 0.3 is 12.4 Å². The van der Waals surface area contributed by atoms with Gasteiger partial charge in [-0.3, -0.25) is 0 Å². The van der Waals surface area contributed by atoms with Crippen molar-refractivity contribution < 1.29 is 35.1 Å². The topological polar surface area (TPSA) is 0 Å². The van der Waals surface area contributed by atoms with E-state index in [-0.39, 0.29) is 6.92 Å². The summed E-state index contributed by atoms with van der Waals surface area (Å²) in [6, 6.07) is 0. The third kappa shape index (κ3) is 14.2. The number of rotatable bonds is 0. The molecule has 0 N–H and O–H groups in total. The summed E-state index contributed by atoms with van der Waals surface area (Å²) in [4.78, 5) is 0. The Bertz CT molecular complexity index is 167. The van der Waals surface area contributed by atoms with Crippen molar-refractivity contribution >= 4 is 33.3 Å². The van der Waals surface area contributed by atoms with Gasteiger partial charge in [-0.1, -0.05) is 11.6 Å². The van der Waals surface area contributed by atoms with Gasteiger partial charge in [0.15, 0.2) is 6.17 Å². The van der Waals surface area contributed by atoms with E-state index >= 15 is 0 Å². The molecule has 0 aromatic heterocycles. The minimum absolute atomic E-state index is 0.245. The average molecular weight is 337 g/mol. The predicted molar refractivity (Wildman–Crippen MR) is 49.8 cm³/mol. The van der Waals surface area contributed by atoms with Gasteiger partial charge < -0.3 is 0 Å². The zero-order chi connectivity index (χ0) is 15.1. The molecular formula is C6H7Cl3F8. The Morgan fingerprint density at radius 2 is 1.00 bits per heavy atom. The Hall–Kier alpha value is 0.310. The first-order chi connectivity index (χ1) is 7.19. The van der Waals surface area contributed by atoms with Crippen LogP contribution in [0, 0.1) is 0 Å². The fourth-order valence-electron chi connectivity index (χ4n) is 0. The highest BCUT2D eigenvalue weighted by Gasteiger charge is 2.50. The van der Waals surface area contributed by atoms with Crippen molar-refractivity contribution in [3.63, 3.8) is 0 Å². The van der Waals surface area contributed by atoms with Crippen LogP contribution in [-0.4, -0.2) is 23.7 Å². The Labute approximate surface area is 106 Å². The molecule has 0 aliphatic rings. The third-order valence-electron chi connectivity index (χ3n) is 0.949. The van der Waals surface area contributed by atoms with Crippen LogP contribution >= 0.6 is 33.3 Å². The maximum Gasteiger partial charge on any atom is 0.436 e. The molecule has 0 fully saturated rings. The largest absolute Gasteiger partial charge is 0.436 e. The lowest BCUT2D eigenvalue weighted by Crippen LogP contribution is -2.31. The first kappa shape index (κ1) is 22.5. The first-order valence-electron chi connectivity index (χ1n) is 3.49. The molecule has 0 nitrogen and oxygen atoms in total. The molecule has 0 rings (SSSR count). The minimum atomic E-state index is -4.96. The maximum atomic E-state index is 11.5.